The first-order valence-corrected chi connectivity index (χ1v) is 29.7. The van der Waals surface area contributed by atoms with Crippen LogP contribution in [0.25, 0.3) is 176 Å². The van der Waals surface area contributed by atoms with E-state index in [-0.39, 0.29) is 0 Å². The van der Waals surface area contributed by atoms with Crippen LogP contribution in [-0.2, 0) is 0 Å². The summed E-state index contributed by atoms with van der Waals surface area (Å²) in [4.78, 5) is 0. The van der Waals surface area contributed by atoms with Crippen molar-refractivity contribution in [1.29, 1.82) is 10.8 Å². The summed E-state index contributed by atoms with van der Waals surface area (Å²) in [6.07, 6.45) is 2.83. The van der Waals surface area contributed by atoms with Gasteiger partial charge in [0, 0.05) is 88.8 Å². The van der Waals surface area contributed by atoms with E-state index in [0.29, 0.717) is 11.1 Å². The summed E-state index contributed by atoms with van der Waals surface area (Å²) in [5, 5.41) is 31.7. The van der Waals surface area contributed by atoms with Gasteiger partial charge < -0.3 is 37.9 Å². The van der Waals surface area contributed by atoms with Crippen LogP contribution in [0.2, 0.25) is 0 Å². The van der Waals surface area contributed by atoms with Gasteiger partial charge in [-0.1, -0.05) is 133 Å². The second kappa shape index (κ2) is 18.3. The highest BCUT2D eigenvalue weighted by molar-refractivity contribution is 6.27. The number of furan rings is 2. The molecule has 0 fully saturated rings. The Balaban J connectivity index is 0.821. The van der Waals surface area contributed by atoms with Crippen LogP contribution in [-0.4, -0.2) is 30.7 Å². The van der Waals surface area contributed by atoms with Crippen LogP contribution in [0.3, 0.4) is 0 Å². The van der Waals surface area contributed by atoms with Crippen LogP contribution >= 0.6 is 0 Å². The minimum atomic E-state index is 0.611. The summed E-state index contributed by atoms with van der Waals surface area (Å²) >= 11 is 0. The van der Waals surface area contributed by atoms with Gasteiger partial charge in [-0.25, -0.2) is 0 Å². The van der Waals surface area contributed by atoms with Crippen molar-refractivity contribution in [2.45, 2.75) is 0 Å². The first-order chi connectivity index (χ1) is 43.6. The molecule has 19 aromatic rings. The summed E-state index contributed by atoms with van der Waals surface area (Å²) in [5.74, 6) is 0. The molecule has 13 aromatic carbocycles. The number of hydrogen-bond donors (Lipinski definition) is 2. The summed E-state index contributed by atoms with van der Waals surface area (Å²) < 4.78 is 23.0. The van der Waals surface area contributed by atoms with E-state index in [2.05, 4.69) is 261 Å². The third kappa shape index (κ3) is 6.68. The van der Waals surface area contributed by atoms with E-state index in [1.54, 1.807) is 0 Å². The van der Waals surface area contributed by atoms with Gasteiger partial charge in [-0.3, -0.25) is 0 Å². The summed E-state index contributed by atoms with van der Waals surface area (Å²) in [6, 6.07) is 95.0. The van der Waals surface area contributed by atoms with Crippen molar-refractivity contribution in [1.82, 2.24) is 18.3 Å². The van der Waals surface area contributed by atoms with E-state index in [0.717, 1.165) is 155 Å². The Labute approximate surface area is 501 Å². The Morgan fingerprint density at radius 1 is 0.250 bits per heavy atom. The topological polar surface area (TPSA) is 93.7 Å². The number of benzene rings is 13. The van der Waals surface area contributed by atoms with E-state index in [9.17, 15) is 10.8 Å². The first kappa shape index (κ1) is 48.4. The van der Waals surface area contributed by atoms with Gasteiger partial charge in [-0.2, -0.15) is 0 Å². The maximum absolute atomic E-state index is 9.39. The molecule has 88 heavy (non-hydrogen) atoms. The molecule has 0 saturated heterocycles. The summed E-state index contributed by atoms with van der Waals surface area (Å²) in [6.45, 7) is 0. The first-order valence-electron chi connectivity index (χ1n) is 29.7. The lowest BCUT2D eigenvalue weighted by molar-refractivity contribution is 0.672. The van der Waals surface area contributed by atoms with Crippen LogP contribution in [0.5, 0.6) is 0 Å². The molecule has 0 bridgehead atoms. The largest absolute Gasteiger partial charge is 0.455 e. The van der Waals surface area contributed by atoms with E-state index < -0.39 is 0 Å². The third-order valence-corrected chi connectivity index (χ3v) is 18.6. The van der Waals surface area contributed by atoms with Gasteiger partial charge in [0.15, 0.2) is 0 Å². The van der Waals surface area contributed by atoms with Gasteiger partial charge in [0.25, 0.3) is 0 Å². The minimum Gasteiger partial charge on any atom is -0.455 e. The van der Waals surface area contributed by atoms with Crippen molar-refractivity contribution in [3.05, 3.63) is 278 Å². The smallest absolute Gasteiger partial charge is 0.145 e. The van der Waals surface area contributed by atoms with Crippen molar-refractivity contribution >= 4 is 144 Å². The molecule has 0 unspecified atom stereocenters. The van der Waals surface area contributed by atoms with E-state index in [1.165, 1.54) is 34.0 Å². The van der Waals surface area contributed by atoms with Gasteiger partial charge >= 0.3 is 0 Å². The second-order valence-electron chi connectivity index (χ2n) is 23.1. The molecule has 0 aliphatic heterocycles. The Morgan fingerprint density at radius 3 is 0.989 bits per heavy atom. The van der Waals surface area contributed by atoms with Crippen LogP contribution in [0.1, 0.15) is 11.1 Å². The van der Waals surface area contributed by atoms with Crippen molar-refractivity contribution in [3.8, 4) is 45.0 Å². The van der Waals surface area contributed by atoms with Crippen LogP contribution in [0, 0.1) is 10.8 Å². The van der Waals surface area contributed by atoms with Crippen molar-refractivity contribution in [2.24, 2.45) is 0 Å². The average Bonchev–Trinajstić information content (AvgIpc) is 1.61. The molecular weight excluding hydrogens is 1080 g/mol. The monoisotopic (exact) mass is 1120 g/mol. The highest BCUT2D eigenvalue weighted by atomic mass is 16.3. The van der Waals surface area contributed by atoms with Crippen molar-refractivity contribution in [2.75, 3.05) is 0 Å². The highest BCUT2D eigenvalue weighted by Gasteiger charge is 2.26. The molecule has 6 heterocycles. The number of para-hydroxylation sites is 6. The molecule has 0 aliphatic rings. The molecule has 2 N–H and O–H groups in total. The zero-order valence-electron chi connectivity index (χ0n) is 47.2. The molecule has 0 aliphatic carbocycles. The number of fused-ring (bicyclic) bond motifs is 20. The predicted molar refractivity (Wildman–Crippen MR) is 365 cm³/mol. The normalized spacial score (nSPS) is 12.2. The van der Waals surface area contributed by atoms with E-state index in [4.69, 9.17) is 8.83 Å². The number of rotatable bonds is 8. The lowest BCUT2D eigenvalue weighted by Gasteiger charge is -2.18. The van der Waals surface area contributed by atoms with Gasteiger partial charge in [-0.05, 0) is 156 Å². The Morgan fingerprint density at radius 2 is 0.580 bits per heavy atom. The zero-order valence-corrected chi connectivity index (χ0v) is 47.2. The van der Waals surface area contributed by atoms with Gasteiger partial charge in [0.05, 0.1) is 66.3 Å². The Bertz CT molecular complexity index is 5840. The van der Waals surface area contributed by atoms with Crippen LogP contribution < -0.4 is 0 Å². The molecule has 8 heteroatoms. The zero-order chi connectivity index (χ0) is 57.9. The molecule has 6 aromatic heterocycles. The molecule has 19 rings (SSSR count). The number of nitrogens with zero attached hydrogens (tertiary/aromatic N) is 4. The van der Waals surface area contributed by atoms with Gasteiger partial charge in [0.1, 0.15) is 22.3 Å². The molecule has 0 amide bonds. The number of hydrogen-bond acceptors (Lipinski definition) is 4. The maximum atomic E-state index is 9.39. The summed E-state index contributed by atoms with van der Waals surface area (Å²) in [5.41, 5.74) is 21.0. The third-order valence-electron chi connectivity index (χ3n) is 18.6. The Kier molecular flexibility index (Phi) is 10.0. The fraction of sp³-hybridized carbons (Fsp3) is 0. The highest BCUT2D eigenvalue weighted by Crippen LogP contribution is 2.47. The van der Waals surface area contributed by atoms with Crippen molar-refractivity contribution in [3.63, 3.8) is 0 Å². The quantitative estimate of drug-likeness (QED) is 0.148. The molecule has 0 saturated carbocycles. The van der Waals surface area contributed by atoms with Gasteiger partial charge in [-0.15, -0.1) is 0 Å². The molecule has 0 radical (unpaired) electrons. The lowest BCUT2D eigenvalue weighted by atomic mass is 10.00. The lowest BCUT2D eigenvalue weighted by Crippen LogP contribution is -2.08. The molecule has 410 valence electrons. The number of nitrogens with one attached hydrogen (secondary N) is 2. The minimum absolute atomic E-state index is 0.611. The molecule has 0 spiro atoms. The van der Waals surface area contributed by atoms with Crippen molar-refractivity contribution < 1.29 is 8.83 Å². The molecular formula is C80H48N6O2. The van der Waals surface area contributed by atoms with E-state index in [1.807, 2.05) is 24.3 Å². The summed E-state index contributed by atoms with van der Waals surface area (Å²) in [7, 11) is 0. The molecule has 0 atom stereocenters. The predicted octanol–water partition coefficient (Wildman–Crippen LogP) is 21.2. The molecule has 8 nitrogen and oxygen atoms in total. The second-order valence-corrected chi connectivity index (χ2v) is 23.1. The standard InChI is InChI=1S/C80H48N6O2/c81-45-63-64(46-82)72(86-70-36-30-50(44-62(70)78-74(86)38-32-58-56-22-10-14-26-76(56)88-80(58)78)48-28-34-68-60(42-48)54-20-8-12-24-66(54)84(68)52-17-5-2-6-18-52)40-39-71(63)85-69-35-29-49(43-61(69)77-73(85)37-31-57-55-21-9-13-25-75(55)87-79(57)77)47-27-33-67-59(41-47)53-19-7-11-23-65(53)83(67)51-15-3-1-4-16-51/h1-46,81-82H. The average molecular weight is 1130 g/mol. The maximum Gasteiger partial charge on any atom is 0.145 e. The SMILES string of the molecule is N=Cc1c(-n2c3ccc(-c4ccc5c(c4)c4ccccc4n5-c4ccccc4)cc3c3c4oc5ccccc5c4ccc32)ccc(-n2c3ccc(-c4ccc5c(c4)c4ccccc4n5-c4ccccc4)cc3c3c4oc5ccccc5c4ccc32)c1C=N. The van der Waals surface area contributed by atoms with Gasteiger partial charge in [0.2, 0.25) is 0 Å². The number of aromatic nitrogens is 4. The Hall–Kier alpha value is -12.0. The van der Waals surface area contributed by atoms with E-state index >= 15 is 0 Å². The van der Waals surface area contributed by atoms with Crippen LogP contribution in [0.4, 0.5) is 0 Å². The fourth-order valence-electron chi connectivity index (χ4n) is 14.8. The fourth-order valence-corrected chi connectivity index (χ4v) is 14.8. The van der Waals surface area contributed by atoms with Crippen LogP contribution in [0.15, 0.2) is 276 Å².